The van der Waals surface area contributed by atoms with E-state index in [0.717, 1.165) is 19.0 Å². The standard InChI is InChI=1S/C17H23N3O2/c1-13-6-8-20(9-7-13)12-16(21)11-19-17(22)15-4-2-14(10-18)3-5-15/h2-5,13,16,21H,6-9,11-12H2,1H3,(H,19,22). The lowest BCUT2D eigenvalue weighted by atomic mass is 9.99. The summed E-state index contributed by atoms with van der Waals surface area (Å²) in [6.45, 7) is 5.13. The molecule has 22 heavy (non-hydrogen) atoms. The van der Waals surface area contributed by atoms with E-state index in [1.54, 1.807) is 24.3 Å². The van der Waals surface area contributed by atoms with Crippen LogP contribution in [0.5, 0.6) is 0 Å². The van der Waals surface area contributed by atoms with E-state index in [1.165, 1.54) is 12.8 Å². The van der Waals surface area contributed by atoms with E-state index >= 15 is 0 Å². The molecule has 0 aromatic heterocycles. The van der Waals surface area contributed by atoms with E-state index in [2.05, 4.69) is 17.1 Å². The van der Waals surface area contributed by atoms with Gasteiger partial charge in [-0.15, -0.1) is 0 Å². The second-order valence-corrected chi connectivity index (χ2v) is 6.04. The van der Waals surface area contributed by atoms with Crippen molar-refractivity contribution < 1.29 is 9.90 Å². The SMILES string of the molecule is CC1CCN(CC(O)CNC(=O)c2ccc(C#N)cc2)CC1. The van der Waals surface area contributed by atoms with Crippen LogP contribution >= 0.6 is 0 Å². The number of nitrogens with one attached hydrogen (secondary N) is 1. The molecular formula is C17H23N3O2. The van der Waals surface area contributed by atoms with Gasteiger partial charge in [0.05, 0.1) is 17.7 Å². The Labute approximate surface area is 131 Å². The van der Waals surface area contributed by atoms with Gasteiger partial charge in [-0.25, -0.2) is 0 Å². The summed E-state index contributed by atoms with van der Waals surface area (Å²) in [5, 5.41) is 21.5. The van der Waals surface area contributed by atoms with Crippen molar-refractivity contribution in [3.05, 3.63) is 35.4 Å². The summed E-state index contributed by atoms with van der Waals surface area (Å²) in [4.78, 5) is 14.2. The topological polar surface area (TPSA) is 76.4 Å². The highest BCUT2D eigenvalue weighted by atomic mass is 16.3. The molecule has 1 amide bonds. The van der Waals surface area contributed by atoms with Crippen LogP contribution in [0.2, 0.25) is 0 Å². The van der Waals surface area contributed by atoms with Gasteiger partial charge in [-0.3, -0.25) is 4.79 Å². The number of nitriles is 1. The second-order valence-electron chi connectivity index (χ2n) is 6.04. The number of carbonyl (C=O) groups is 1. The molecule has 1 aromatic carbocycles. The Hall–Kier alpha value is -1.90. The van der Waals surface area contributed by atoms with Crippen LogP contribution in [0.4, 0.5) is 0 Å². The highest BCUT2D eigenvalue weighted by molar-refractivity contribution is 5.94. The maximum atomic E-state index is 12.0. The first kappa shape index (κ1) is 16.5. The van der Waals surface area contributed by atoms with Gasteiger partial charge in [-0.2, -0.15) is 5.26 Å². The third kappa shape index (κ3) is 4.83. The van der Waals surface area contributed by atoms with Crippen molar-refractivity contribution in [3.63, 3.8) is 0 Å². The maximum absolute atomic E-state index is 12.0. The fourth-order valence-electron chi connectivity index (χ4n) is 2.62. The zero-order valence-electron chi connectivity index (χ0n) is 13.0. The van der Waals surface area contributed by atoms with Gasteiger partial charge in [0.25, 0.3) is 5.91 Å². The van der Waals surface area contributed by atoms with Crippen molar-refractivity contribution in [1.29, 1.82) is 5.26 Å². The molecule has 0 spiro atoms. The maximum Gasteiger partial charge on any atom is 0.251 e. The number of aliphatic hydroxyl groups is 1. The van der Waals surface area contributed by atoms with Gasteiger partial charge < -0.3 is 15.3 Å². The summed E-state index contributed by atoms with van der Waals surface area (Å²) >= 11 is 0. The van der Waals surface area contributed by atoms with E-state index in [1.807, 2.05) is 6.07 Å². The predicted molar refractivity (Wildman–Crippen MR) is 84.3 cm³/mol. The number of β-amino-alcohol motifs (C(OH)–C–C–N with tert-alkyl or cyclic N) is 1. The average molecular weight is 301 g/mol. The van der Waals surface area contributed by atoms with Gasteiger partial charge in [-0.1, -0.05) is 6.92 Å². The van der Waals surface area contributed by atoms with Gasteiger partial charge in [-0.05, 0) is 56.1 Å². The lowest BCUT2D eigenvalue weighted by Gasteiger charge is -2.31. The summed E-state index contributed by atoms with van der Waals surface area (Å²) < 4.78 is 0. The molecule has 2 N–H and O–H groups in total. The molecule has 0 bridgehead atoms. The van der Waals surface area contributed by atoms with E-state index in [0.29, 0.717) is 17.7 Å². The van der Waals surface area contributed by atoms with Gasteiger partial charge in [0, 0.05) is 18.7 Å². The normalized spacial score (nSPS) is 17.7. The number of hydrogen-bond acceptors (Lipinski definition) is 4. The van der Waals surface area contributed by atoms with Gasteiger partial charge >= 0.3 is 0 Å². The Morgan fingerprint density at radius 1 is 1.41 bits per heavy atom. The molecule has 2 rings (SSSR count). The van der Waals surface area contributed by atoms with Crippen LogP contribution < -0.4 is 5.32 Å². The van der Waals surface area contributed by atoms with E-state index in [-0.39, 0.29) is 12.5 Å². The Morgan fingerprint density at radius 2 is 2.05 bits per heavy atom. The van der Waals surface area contributed by atoms with Crippen LogP contribution in [0.1, 0.15) is 35.7 Å². The molecule has 1 fully saturated rings. The van der Waals surface area contributed by atoms with Crippen molar-refractivity contribution in [2.45, 2.75) is 25.9 Å². The fraction of sp³-hybridized carbons (Fsp3) is 0.529. The summed E-state index contributed by atoms with van der Waals surface area (Å²) in [5.74, 6) is 0.542. The van der Waals surface area contributed by atoms with Crippen LogP contribution in [-0.2, 0) is 0 Å². The highest BCUT2D eigenvalue weighted by Crippen LogP contribution is 2.15. The first-order chi connectivity index (χ1) is 10.6. The van der Waals surface area contributed by atoms with Gasteiger partial charge in [0.15, 0.2) is 0 Å². The van der Waals surface area contributed by atoms with E-state index in [9.17, 15) is 9.90 Å². The molecule has 1 aliphatic rings. The van der Waals surface area contributed by atoms with Crippen molar-refractivity contribution in [1.82, 2.24) is 10.2 Å². The molecule has 1 atom stereocenters. The molecule has 0 aliphatic carbocycles. The van der Waals surface area contributed by atoms with Gasteiger partial charge in [0.1, 0.15) is 0 Å². The largest absolute Gasteiger partial charge is 0.390 e. The molecule has 0 radical (unpaired) electrons. The van der Waals surface area contributed by atoms with Crippen LogP contribution in [0, 0.1) is 17.2 Å². The smallest absolute Gasteiger partial charge is 0.251 e. The summed E-state index contributed by atoms with van der Waals surface area (Å²) in [7, 11) is 0. The Kier molecular flexibility index (Phi) is 5.93. The molecule has 0 saturated carbocycles. The number of benzene rings is 1. The van der Waals surface area contributed by atoms with E-state index in [4.69, 9.17) is 5.26 Å². The molecule has 5 heteroatoms. The summed E-state index contributed by atoms with van der Waals surface area (Å²) in [6, 6.07) is 8.47. The van der Waals surface area contributed by atoms with Crippen LogP contribution in [0.25, 0.3) is 0 Å². The average Bonchev–Trinajstić information content (AvgIpc) is 2.55. The number of nitrogens with zero attached hydrogens (tertiary/aromatic N) is 2. The summed E-state index contributed by atoms with van der Waals surface area (Å²) in [6.07, 6.45) is 1.78. The molecule has 1 saturated heterocycles. The number of rotatable bonds is 5. The zero-order valence-corrected chi connectivity index (χ0v) is 13.0. The molecule has 1 aromatic rings. The fourth-order valence-corrected chi connectivity index (χ4v) is 2.62. The number of likely N-dealkylation sites (tertiary alicyclic amines) is 1. The molecule has 118 valence electrons. The monoisotopic (exact) mass is 301 g/mol. The lowest BCUT2D eigenvalue weighted by molar-refractivity contribution is 0.0795. The van der Waals surface area contributed by atoms with Crippen LogP contribution in [0.15, 0.2) is 24.3 Å². The molecular weight excluding hydrogens is 278 g/mol. The third-order valence-corrected chi connectivity index (χ3v) is 4.12. The lowest BCUT2D eigenvalue weighted by Crippen LogP contribution is -2.43. The van der Waals surface area contributed by atoms with E-state index < -0.39 is 6.10 Å². The number of hydrogen-bond donors (Lipinski definition) is 2. The first-order valence-corrected chi connectivity index (χ1v) is 7.77. The highest BCUT2D eigenvalue weighted by Gasteiger charge is 2.18. The minimum absolute atomic E-state index is 0.226. The minimum Gasteiger partial charge on any atom is -0.390 e. The van der Waals surface area contributed by atoms with Crippen LogP contribution in [-0.4, -0.2) is 48.2 Å². The second kappa shape index (κ2) is 7.92. The van der Waals surface area contributed by atoms with Crippen LogP contribution in [0.3, 0.4) is 0 Å². The van der Waals surface area contributed by atoms with Crippen molar-refractivity contribution >= 4 is 5.91 Å². The molecule has 1 heterocycles. The Balaban J connectivity index is 1.74. The molecule has 5 nitrogen and oxygen atoms in total. The zero-order chi connectivity index (χ0) is 15.9. The number of amides is 1. The van der Waals surface area contributed by atoms with Crippen molar-refractivity contribution in [2.75, 3.05) is 26.2 Å². The van der Waals surface area contributed by atoms with Gasteiger partial charge in [0.2, 0.25) is 0 Å². The van der Waals surface area contributed by atoms with Crippen molar-refractivity contribution in [2.24, 2.45) is 5.92 Å². The summed E-state index contributed by atoms with van der Waals surface area (Å²) in [5.41, 5.74) is 1.02. The first-order valence-electron chi connectivity index (χ1n) is 7.77. The quantitative estimate of drug-likeness (QED) is 0.861. The van der Waals surface area contributed by atoms with Crippen molar-refractivity contribution in [3.8, 4) is 6.07 Å². The number of piperidine rings is 1. The number of carbonyl (C=O) groups excluding carboxylic acids is 1. The predicted octanol–water partition coefficient (Wildman–Crippen LogP) is 1.38. The Morgan fingerprint density at radius 3 is 2.64 bits per heavy atom. The Bertz CT molecular complexity index is 528. The third-order valence-electron chi connectivity index (χ3n) is 4.12. The minimum atomic E-state index is -0.560. The molecule has 1 unspecified atom stereocenters. The molecule has 1 aliphatic heterocycles. The number of aliphatic hydroxyl groups excluding tert-OH is 1.